The summed E-state index contributed by atoms with van der Waals surface area (Å²) in [5, 5.41) is 10.9. The Balaban J connectivity index is 2.23. The number of nitrogens with two attached hydrogens (primary N) is 1. The van der Waals surface area contributed by atoms with E-state index in [0.717, 1.165) is 16.8 Å². The van der Waals surface area contributed by atoms with Crippen LogP contribution in [0, 0.1) is 0 Å². The maximum absolute atomic E-state index is 5.26. The highest BCUT2D eigenvalue weighted by atomic mass is 32.1. The molecule has 0 aliphatic heterocycles. The summed E-state index contributed by atoms with van der Waals surface area (Å²) in [7, 11) is 0. The Bertz CT molecular complexity index is 532. The van der Waals surface area contributed by atoms with Crippen molar-refractivity contribution in [2.24, 2.45) is 10.8 Å². The molecule has 5 nitrogen and oxygen atoms in total. The van der Waals surface area contributed by atoms with Gasteiger partial charge in [0.25, 0.3) is 0 Å². The number of thiocarbonyl (C=S) groups is 1. The lowest BCUT2D eigenvalue weighted by Gasteiger charge is -1.98. The first-order valence-electron chi connectivity index (χ1n) is 4.94. The molecule has 0 amide bonds. The Kier molecular flexibility index (Phi) is 3.46. The standard InChI is InChI=1S/C11H11N5S/c12-11(17)16-14-7-9-6-13-15-10(9)8-4-2-1-3-5-8/h1-7H,(H,13,15)(H3,12,16,17)/b14-7-. The van der Waals surface area contributed by atoms with Gasteiger partial charge in [0.2, 0.25) is 0 Å². The third-order valence-electron chi connectivity index (χ3n) is 2.11. The van der Waals surface area contributed by atoms with Gasteiger partial charge in [-0.3, -0.25) is 10.5 Å². The van der Waals surface area contributed by atoms with E-state index in [0.29, 0.717) is 0 Å². The van der Waals surface area contributed by atoms with Gasteiger partial charge in [-0.05, 0) is 12.2 Å². The molecule has 1 aromatic carbocycles. The second-order valence-electron chi connectivity index (χ2n) is 3.30. The van der Waals surface area contributed by atoms with Crippen LogP contribution in [0.2, 0.25) is 0 Å². The largest absolute Gasteiger partial charge is 0.375 e. The molecule has 17 heavy (non-hydrogen) atoms. The fourth-order valence-electron chi connectivity index (χ4n) is 1.39. The third kappa shape index (κ3) is 2.88. The van der Waals surface area contributed by atoms with E-state index in [2.05, 4.69) is 32.9 Å². The molecule has 0 bridgehead atoms. The van der Waals surface area contributed by atoms with E-state index in [1.54, 1.807) is 12.4 Å². The van der Waals surface area contributed by atoms with Gasteiger partial charge in [-0.15, -0.1) is 0 Å². The molecule has 1 aromatic heterocycles. The third-order valence-corrected chi connectivity index (χ3v) is 2.20. The summed E-state index contributed by atoms with van der Waals surface area (Å²) in [5.41, 5.74) is 10.6. The van der Waals surface area contributed by atoms with Crippen molar-refractivity contribution in [3.05, 3.63) is 42.1 Å². The van der Waals surface area contributed by atoms with Gasteiger partial charge in [0, 0.05) is 11.1 Å². The van der Waals surface area contributed by atoms with Crippen LogP contribution in [0.3, 0.4) is 0 Å². The molecule has 4 N–H and O–H groups in total. The normalized spacial score (nSPS) is 10.6. The number of H-pyrrole nitrogens is 1. The second kappa shape index (κ2) is 5.22. The molecule has 0 saturated heterocycles. The second-order valence-corrected chi connectivity index (χ2v) is 3.74. The zero-order chi connectivity index (χ0) is 12.1. The van der Waals surface area contributed by atoms with Crippen molar-refractivity contribution >= 4 is 23.5 Å². The highest BCUT2D eigenvalue weighted by Gasteiger charge is 2.04. The predicted octanol–water partition coefficient (Wildman–Crippen LogP) is 1.24. The van der Waals surface area contributed by atoms with Crippen LogP contribution in [0.5, 0.6) is 0 Å². The average molecular weight is 245 g/mol. The van der Waals surface area contributed by atoms with E-state index < -0.39 is 0 Å². The van der Waals surface area contributed by atoms with Crippen LogP contribution in [0.1, 0.15) is 5.56 Å². The Morgan fingerprint density at radius 2 is 2.18 bits per heavy atom. The zero-order valence-corrected chi connectivity index (χ0v) is 9.74. The van der Waals surface area contributed by atoms with Gasteiger partial charge in [0.05, 0.1) is 18.1 Å². The minimum atomic E-state index is 0.131. The van der Waals surface area contributed by atoms with Gasteiger partial charge in [-0.1, -0.05) is 30.3 Å². The minimum Gasteiger partial charge on any atom is -0.375 e. The molecule has 0 fully saturated rings. The van der Waals surface area contributed by atoms with Gasteiger partial charge in [-0.25, -0.2) is 0 Å². The number of hydrazone groups is 1. The molecule has 0 unspecified atom stereocenters. The van der Waals surface area contributed by atoms with E-state index in [9.17, 15) is 0 Å². The monoisotopic (exact) mass is 245 g/mol. The lowest BCUT2D eigenvalue weighted by Crippen LogP contribution is -2.23. The van der Waals surface area contributed by atoms with Crippen LogP contribution in [0.15, 0.2) is 41.6 Å². The number of nitrogens with zero attached hydrogens (tertiary/aromatic N) is 2. The van der Waals surface area contributed by atoms with Crippen molar-refractivity contribution < 1.29 is 0 Å². The quantitative estimate of drug-likeness (QED) is 0.432. The molecule has 0 radical (unpaired) electrons. The van der Waals surface area contributed by atoms with Crippen molar-refractivity contribution in [1.29, 1.82) is 0 Å². The molecule has 0 atom stereocenters. The SMILES string of the molecule is NC(=S)N/N=C\c1cn[nH]c1-c1ccccc1. The summed E-state index contributed by atoms with van der Waals surface area (Å²) in [6.45, 7) is 0. The molecule has 86 valence electrons. The van der Waals surface area contributed by atoms with E-state index in [4.69, 9.17) is 5.73 Å². The highest BCUT2D eigenvalue weighted by molar-refractivity contribution is 7.80. The maximum Gasteiger partial charge on any atom is 0.184 e. The van der Waals surface area contributed by atoms with Crippen molar-refractivity contribution in [3.63, 3.8) is 0 Å². The molecule has 1 heterocycles. The van der Waals surface area contributed by atoms with E-state index >= 15 is 0 Å². The summed E-state index contributed by atoms with van der Waals surface area (Å²) in [6, 6.07) is 9.87. The number of aromatic nitrogens is 2. The van der Waals surface area contributed by atoms with Crippen LogP contribution >= 0.6 is 12.2 Å². The number of rotatable bonds is 3. The molecule has 6 heteroatoms. The van der Waals surface area contributed by atoms with Gasteiger partial charge in [-0.2, -0.15) is 10.2 Å². The van der Waals surface area contributed by atoms with Crippen LogP contribution in [0.25, 0.3) is 11.3 Å². The summed E-state index contributed by atoms with van der Waals surface area (Å²) in [5.74, 6) is 0. The smallest absolute Gasteiger partial charge is 0.184 e. The van der Waals surface area contributed by atoms with Crippen LogP contribution in [0.4, 0.5) is 0 Å². The Morgan fingerprint density at radius 1 is 1.41 bits per heavy atom. The Labute approximate surface area is 104 Å². The molecule has 2 aromatic rings. The predicted molar refractivity (Wildman–Crippen MR) is 71.5 cm³/mol. The fourth-order valence-corrected chi connectivity index (χ4v) is 1.45. The van der Waals surface area contributed by atoms with Gasteiger partial charge in [0.15, 0.2) is 5.11 Å². The van der Waals surface area contributed by atoms with Gasteiger partial charge < -0.3 is 5.73 Å². The van der Waals surface area contributed by atoms with Crippen molar-refractivity contribution in [2.45, 2.75) is 0 Å². The van der Waals surface area contributed by atoms with E-state index in [1.807, 2.05) is 30.3 Å². The molecule has 2 rings (SSSR count). The van der Waals surface area contributed by atoms with Gasteiger partial charge >= 0.3 is 0 Å². The first-order valence-corrected chi connectivity index (χ1v) is 5.35. The number of nitrogens with one attached hydrogen (secondary N) is 2. The topological polar surface area (TPSA) is 79.1 Å². The maximum atomic E-state index is 5.26. The number of hydrogen-bond donors (Lipinski definition) is 3. The summed E-state index contributed by atoms with van der Waals surface area (Å²) < 4.78 is 0. The van der Waals surface area contributed by atoms with Crippen LogP contribution in [-0.4, -0.2) is 21.5 Å². The van der Waals surface area contributed by atoms with Crippen LogP contribution < -0.4 is 11.2 Å². The van der Waals surface area contributed by atoms with Gasteiger partial charge in [0.1, 0.15) is 0 Å². The summed E-state index contributed by atoms with van der Waals surface area (Å²) in [6.07, 6.45) is 3.30. The summed E-state index contributed by atoms with van der Waals surface area (Å²) >= 11 is 4.65. The van der Waals surface area contributed by atoms with Crippen molar-refractivity contribution in [3.8, 4) is 11.3 Å². The lowest BCUT2D eigenvalue weighted by atomic mass is 10.1. The molecule has 0 saturated carbocycles. The fraction of sp³-hybridized carbons (Fsp3) is 0. The molecular formula is C11H11N5S. The van der Waals surface area contributed by atoms with Crippen LogP contribution in [-0.2, 0) is 0 Å². The Morgan fingerprint density at radius 3 is 2.88 bits per heavy atom. The highest BCUT2D eigenvalue weighted by Crippen LogP contribution is 2.18. The van der Waals surface area contributed by atoms with E-state index in [1.165, 1.54) is 0 Å². The number of aromatic amines is 1. The molecular weight excluding hydrogens is 234 g/mol. The number of hydrogen-bond acceptors (Lipinski definition) is 3. The van der Waals surface area contributed by atoms with E-state index in [-0.39, 0.29) is 5.11 Å². The zero-order valence-electron chi connectivity index (χ0n) is 8.92. The molecule has 0 spiro atoms. The first-order chi connectivity index (χ1) is 8.27. The minimum absolute atomic E-state index is 0.131. The average Bonchev–Trinajstić information content (AvgIpc) is 2.78. The number of benzene rings is 1. The first kappa shape index (κ1) is 11.3. The van der Waals surface area contributed by atoms with Crippen molar-refractivity contribution in [1.82, 2.24) is 15.6 Å². The lowest BCUT2D eigenvalue weighted by molar-refractivity contribution is 1.04. The molecule has 0 aliphatic carbocycles. The summed E-state index contributed by atoms with van der Waals surface area (Å²) in [4.78, 5) is 0. The van der Waals surface area contributed by atoms with Crippen molar-refractivity contribution in [2.75, 3.05) is 0 Å². The molecule has 0 aliphatic rings. The Hall–Kier alpha value is -2.21.